The quantitative estimate of drug-likeness (QED) is 0.862. The molecule has 1 N–H and O–H groups in total. The maximum absolute atomic E-state index is 12.1. The van der Waals surface area contributed by atoms with Gasteiger partial charge in [0.05, 0.1) is 5.56 Å². The van der Waals surface area contributed by atoms with E-state index in [9.17, 15) is 4.79 Å². The molecule has 1 saturated heterocycles. The third-order valence-corrected chi connectivity index (χ3v) is 4.23. The molecule has 2 aliphatic rings. The van der Waals surface area contributed by atoms with Crippen LogP contribution in [0.1, 0.15) is 36.0 Å². The van der Waals surface area contributed by atoms with Crippen molar-refractivity contribution in [2.45, 2.75) is 37.8 Å². The molecule has 1 aromatic heterocycles. The van der Waals surface area contributed by atoms with Crippen LogP contribution in [0, 0.1) is 0 Å². The molecule has 1 aromatic rings. The van der Waals surface area contributed by atoms with Crippen LogP contribution >= 0.6 is 11.6 Å². The first-order chi connectivity index (χ1) is 9.24. The zero-order valence-corrected chi connectivity index (χ0v) is 11.6. The molecule has 4 nitrogen and oxygen atoms in total. The summed E-state index contributed by atoms with van der Waals surface area (Å²) in [6.07, 6.45) is 6.35. The van der Waals surface area contributed by atoms with Crippen molar-refractivity contribution in [2.24, 2.45) is 0 Å². The normalized spacial score (nSPS) is 21.3. The third kappa shape index (κ3) is 3.07. The number of amides is 1. The number of hydrogen-bond acceptors (Lipinski definition) is 3. The predicted molar refractivity (Wildman–Crippen MR) is 74.3 cm³/mol. The van der Waals surface area contributed by atoms with E-state index >= 15 is 0 Å². The van der Waals surface area contributed by atoms with Crippen molar-refractivity contribution in [3.8, 4) is 0 Å². The van der Waals surface area contributed by atoms with Gasteiger partial charge in [-0.1, -0.05) is 11.6 Å². The Hall–Kier alpha value is -1.13. The molecular weight excluding hydrogens is 262 g/mol. The molecule has 0 aromatic carbocycles. The molecule has 19 heavy (non-hydrogen) atoms. The minimum Gasteiger partial charge on any atom is -0.349 e. The van der Waals surface area contributed by atoms with Gasteiger partial charge < -0.3 is 10.2 Å². The summed E-state index contributed by atoms with van der Waals surface area (Å²) < 4.78 is 0. The maximum atomic E-state index is 12.1. The lowest BCUT2D eigenvalue weighted by Crippen LogP contribution is -2.45. The van der Waals surface area contributed by atoms with Gasteiger partial charge in [0.15, 0.2) is 0 Å². The van der Waals surface area contributed by atoms with Crippen LogP contribution in [0.5, 0.6) is 0 Å². The Labute approximate surface area is 118 Å². The smallest absolute Gasteiger partial charge is 0.254 e. The van der Waals surface area contributed by atoms with E-state index in [0.717, 1.165) is 32.0 Å². The van der Waals surface area contributed by atoms with E-state index in [1.165, 1.54) is 12.8 Å². The molecule has 0 radical (unpaired) electrons. The van der Waals surface area contributed by atoms with E-state index in [1.807, 2.05) is 0 Å². The number of nitrogens with one attached hydrogen (secondary N) is 1. The van der Waals surface area contributed by atoms with Crippen molar-refractivity contribution < 1.29 is 4.79 Å². The van der Waals surface area contributed by atoms with Gasteiger partial charge in [0.25, 0.3) is 5.91 Å². The van der Waals surface area contributed by atoms with Gasteiger partial charge in [-0.3, -0.25) is 4.79 Å². The molecule has 1 aliphatic carbocycles. The number of carbonyl (C=O) groups excluding carboxylic acids is 1. The van der Waals surface area contributed by atoms with Gasteiger partial charge >= 0.3 is 0 Å². The predicted octanol–water partition coefficient (Wildman–Crippen LogP) is 2.09. The molecule has 1 aliphatic heterocycles. The Balaban J connectivity index is 1.54. The second-order valence-electron chi connectivity index (χ2n) is 5.36. The fourth-order valence-corrected chi connectivity index (χ4v) is 2.87. The largest absolute Gasteiger partial charge is 0.349 e. The fraction of sp³-hybridized carbons (Fsp3) is 0.571. The van der Waals surface area contributed by atoms with Gasteiger partial charge in [0.1, 0.15) is 5.15 Å². The summed E-state index contributed by atoms with van der Waals surface area (Å²) in [6, 6.07) is 4.53. The number of aromatic nitrogens is 1. The van der Waals surface area contributed by atoms with Crippen LogP contribution in [0.25, 0.3) is 0 Å². The molecule has 102 valence electrons. The van der Waals surface area contributed by atoms with Crippen LogP contribution < -0.4 is 5.32 Å². The lowest BCUT2D eigenvalue weighted by Gasteiger charge is -2.32. The molecule has 1 amide bonds. The van der Waals surface area contributed by atoms with Crippen molar-refractivity contribution in [3.63, 3.8) is 0 Å². The highest BCUT2D eigenvalue weighted by Gasteiger charge is 2.32. The second kappa shape index (κ2) is 5.47. The van der Waals surface area contributed by atoms with Crippen molar-refractivity contribution >= 4 is 17.5 Å². The van der Waals surface area contributed by atoms with Gasteiger partial charge in [0, 0.05) is 31.4 Å². The average molecular weight is 280 g/mol. The highest BCUT2D eigenvalue weighted by Crippen LogP contribution is 2.29. The van der Waals surface area contributed by atoms with Gasteiger partial charge in [-0.05, 0) is 37.8 Å². The number of hydrogen-bond donors (Lipinski definition) is 1. The molecule has 0 bridgehead atoms. The Morgan fingerprint density at radius 1 is 1.32 bits per heavy atom. The van der Waals surface area contributed by atoms with E-state index < -0.39 is 0 Å². The lowest BCUT2D eigenvalue weighted by molar-refractivity contribution is 0.0909. The van der Waals surface area contributed by atoms with Crippen molar-refractivity contribution in [1.82, 2.24) is 15.2 Å². The number of rotatable bonds is 3. The molecule has 3 rings (SSSR count). The van der Waals surface area contributed by atoms with Crippen LogP contribution in [-0.4, -0.2) is 41.0 Å². The molecule has 0 unspecified atom stereocenters. The fourth-order valence-electron chi connectivity index (χ4n) is 2.67. The Kier molecular flexibility index (Phi) is 3.71. The van der Waals surface area contributed by atoms with Crippen LogP contribution in [0.4, 0.5) is 0 Å². The summed E-state index contributed by atoms with van der Waals surface area (Å²) in [5, 5.41) is 3.34. The van der Waals surface area contributed by atoms with Crippen LogP contribution in [0.2, 0.25) is 5.15 Å². The molecular formula is C14H18ClN3O. The van der Waals surface area contributed by atoms with E-state index in [2.05, 4.69) is 15.2 Å². The number of nitrogens with zero attached hydrogens (tertiary/aromatic N) is 2. The van der Waals surface area contributed by atoms with E-state index in [0.29, 0.717) is 5.56 Å². The molecule has 2 heterocycles. The van der Waals surface area contributed by atoms with Crippen LogP contribution in [0.3, 0.4) is 0 Å². The lowest BCUT2D eigenvalue weighted by atomic mass is 10.0. The zero-order valence-electron chi connectivity index (χ0n) is 10.8. The molecule has 5 heteroatoms. The van der Waals surface area contributed by atoms with Gasteiger partial charge in [-0.2, -0.15) is 0 Å². The summed E-state index contributed by atoms with van der Waals surface area (Å²) >= 11 is 5.93. The van der Waals surface area contributed by atoms with Gasteiger partial charge in [-0.15, -0.1) is 0 Å². The third-order valence-electron chi connectivity index (χ3n) is 3.93. The molecule has 2 fully saturated rings. The standard InChI is InChI=1S/C14H18ClN3O/c15-13-12(2-1-7-16-13)14(19)17-10-5-8-18(9-6-10)11-3-4-11/h1-2,7,10-11H,3-6,8-9H2,(H,17,19). The van der Waals surface area contributed by atoms with E-state index in [-0.39, 0.29) is 17.1 Å². The van der Waals surface area contributed by atoms with E-state index in [1.54, 1.807) is 18.3 Å². The summed E-state index contributed by atoms with van der Waals surface area (Å²) in [5.41, 5.74) is 0.466. The number of halogens is 1. The van der Waals surface area contributed by atoms with Crippen LogP contribution in [-0.2, 0) is 0 Å². The summed E-state index contributed by atoms with van der Waals surface area (Å²) in [6.45, 7) is 2.19. The Bertz CT molecular complexity index is 468. The van der Waals surface area contributed by atoms with Gasteiger partial charge in [-0.25, -0.2) is 4.98 Å². The number of carbonyl (C=O) groups is 1. The van der Waals surface area contributed by atoms with E-state index in [4.69, 9.17) is 11.6 Å². The minimum atomic E-state index is -0.108. The average Bonchev–Trinajstić information content (AvgIpc) is 3.24. The second-order valence-corrected chi connectivity index (χ2v) is 5.71. The first-order valence-corrected chi connectivity index (χ1v) is 7.27. The number of piperidine rings is 1. The monoisotopic (exact) mass is 279 g/mol. The Morgan fingerprint density at radius 3 is 2.68 bits per heavy atom. The molecule has 0 atom stereocenters. The topological polar surface area (TPSA) is 45.2 Å². The minimum absolute atomic E-state index is 0.108. The molecule has 1 saturated carbocycles. The van der Waals surface area contributed by atoms with Crippen molar-refractivity contribution in [2.75, 3.05) is 13.1 Å². The highest BCUT2D eigenvalue weighted by molar-refractivity contribution is 6.32. The summed E-state index contributed by atoms with van der Waals surface area (Å²) in [5.74, 6) is -0.108. The van der Waals surface area contributed by atoms with Crippen LogP contribution in [0.15, 0.2) is 18.3 Å². The Morgan fingerprint density at radius 2 is 2.05 bits per heavy atom. The first-order valence-electron chi connectivity index (χ1n) is 6.89. The number of pyridine rings is 1. The van der Waals surface area contributed by atoms with Crippen molar-refractivity contribution in [1.29, 1.82) is 0 Å². The maximum Gasteiger partial charge on any atom is 0.254 e. The van der Waals surface area contributed by atoms with Crippen molar-refractivity contribution in [3.05, 3.63) is 29.0 Å². The SMILES string of the molecule is O=C(NC1CCN(C2CC2)CC1)c1cccnc1Cl. The first kappa shape index (κ1) is 12.9. The highest BCUT2D eigenvalue weighted by atomic mass is 35.5. The summed E-state index contributed by atoms with van der Waals surface area (Å²) in [4.78, 5) is 18.6. The van der Waals surface area contributed by atoms with Gasteiger partial charge in [0.2, 0.25) is 0 Å². The zero-order chi connectivity index (χ0) is 13.2. The summed E-state index contributed by atoms with van der Waals surface area (Å²) in [7, 11) is 0. The molecule has 0 spiro atoms. The number of likely N-dealkylation sites (tertiary alicyclic amines) is 1.